The molecule has 1 aliphatic heterocycles. The summed E-state index contributed by atoms with van der Waals surface area (Å²) in [5.41, 5.74) is 0.641. The van der Waals surface area contributed by atoms with Crippen LogP contribution in [0.2, 0.25) is 10.0 Å². The summed E-state index contributed by atoms with van der Waals surface area (Å²) in [7, 11) is 0. The first-order valence-electron chi connectivity index (χ1n) is 8.73. The summed E-state index contributed by atoms with van der Waals surface area (Å²) in [5.74, 6) is -0.961. The molecule has 2 aromatic rings. The van der Waals surface area contributed by atoms with E-state index in [4.69, 9.17) is 23.2 Å². The molecule has 0 spiro atoms. The predicted molar refractivity (Wildman–Crippen MR) is 108 cm³/mol. The molecule has 1 atom stereocenters. The highest BCUT2D eigenvalue weighted by Crippen LogP contribution is 2.33. The van der Waals surface area contributed by atoms with Gasteiger partial charge in [0.1, 0.15) is 12.1 Å². The van der Waals surface area contributed by atoms with Crippen LogP contribution < -0.4 is 10.6 Å². The number of anilines is 1. The topological polar surface area (TPSA) is 78.5 Å². The van der Waals surface area contributed by atoms with Gasteiger partial charge in [-0.25, -0.2) is 4.79 Å². The molecule has 4 amide bonds. The summed E-state index contributed by atoms with van der Waals surface area (Å²) in [6.45, 7) is 3.17. The van der Waals surface area contributed by atoms with Gasteiger partial charge in [0.25, 0.3) is 5.91 Å². The maximum absolute atomic E-state index is 13.1. The van der Waals surface area contributed by atoms with E-state index in [0.717, 1.165) is 4.90 Å². The molecule has 1 unspecified atom stereocenters. The monoisotopic (exact) mass is 419 g/mol. The number of imide groups is 1. The number of halogens is 2. The normalized spacial score (nSPS) is 18.9. The van der Waals surface area contributed by atoms with Gasteiger partial charge >= 0.3 is 6.03 Å². The predicted octanol–water partition coefficient (Wildman–Crippen LogP) is 4.10. The fourth-order valence-corrected chi connectivity index (χ4v) is 3.52. The van der Waals surface area contributed by atoms with E-state index >= 15 is 0 Å². The largest absolute Gasteiger partial charge is 0.325 e. The Bertz CT molecular complexity index is 946. The fourth-order valence-electron chi connectivity index (χ4n) is 3.22. The van der Waals surface area contributed by atoms with E-state index in [1.54, 1.807) is 56.3 Å². The first-order valence-corrected chi connectivity index (χ1v) is 9.49. The first kappa shape index (κ1) is 20.2. The molecule has 2 aromatic carbocycles. The third-order valence-corrected chi connectivity index (χ3v) is 5.55. The van der Waals surface area contributed by atoms with Crippen LogP contribution in [0, 0.1) is 6.92 Å². The average molecular weight is 420 g/mol. The zero-order valence-corrected chi connectivity index (χ0v) is 16.9. The van der Waals surface area contributed by atoms with Crippen molar-refractivity contribution in [2.24, 2.45) is 0 Å². The van der Waals surface area contributed by atoms with Crippen LogP contribution in [-0.4, -0.2) is 29.3 Å². The van der Waals surface area contributed by atoms with Gasteiger partial charge in [0.2, 0.25) is 5.91 Å². The van der Waals surface area contributed by atoms with Gasteiger partial charge in [-0.1, -0.05) is 48.3 Å². The number of carbonyl (C=O) groups excluding carboxylic acids is 3. The van der Waals surface area contributed by atoms with E-state index < -0.39 is 29.9 Å². The zero-order chi connectivity index (χ0) is 20.5. The Morgan fingerprint density at radius 3 is 2.46 bits per heavy atom. The van der Waals surface area contributed by atoms with Crippen molar-refractivity contribution in [2.45, 2.75) is 25.8 Å². The smallest absolute Gasteiger partial charge is 0.324 e. The third-order valence-electron chi connectivity index (χ3n) is 4.89. The second-order valence-electron chi connectivity index (χ2n) is 6.55. The van der Waals surface area contributed by atoms with Crippen LogP contribution in [0.5, 0.6) is 0 Å². The Balaban J connectivity index is 1.80. The van der Waals surface area contributed by atoms with Crippen molar-refractivity contribution in [2.75, 3.05) is 11.9 Å². The zero-order valence-electron chi connectivity index (χ0n) is 15.4. The molecule has 3 rings (SSSR count). The molecule has 0 bridgehead atoms. The standard InChI is InChI=1S/C20H19Cl2N3O3/c1-3-20(13-7-9-14(21)10-8-13)18(27)25(19(28)24-20)11-17(26)23-16-6-4-5-15(22)12(16)2/h4-10H,3,11H2,1-2H3,(H,23,26)(H,24,28). The summed E-state index contributed by atoms with van der Waals surface area (Å²) in [5, 5.41) is 6.47. The lowest BCUT2D eigenvalue weighted by Gasteiger charge is -2.25. The molecule has 1 fully saturated rings. The number of hydrogen-bond acceptors (Lipinski definition) is 3. The van der Waals surface area contributed by atoms with E-state index in [1.165, 1.54) is 0 Å². The van der Waals surface area contributed by atoms with Gasteiger partial charge in [0, 0.05) is 15.7 Å². The van der Waals surface area contributed by atoms with Gasteiger partial charge in [0.05, 0.1) is 0 Å². The molecule has 0 saturated carbocycles. The number of amides is 4. The summed E-state index contributed by atoms with van der Waals surface area (Å²) in [6, 6.07) is 11.2. The molecule has 0 aliphatic carbocycles. The second-order valence-corrected chi connectivity index (χ2v) is 7.39. The van der Waals surface area contributed by atoms with Crippen molar-refractivity contribution in [3.8, 4) is 0 Å². The van der Waals surface area contributed by atoms with Crippen LogP contribution in [0.3, 0.4) is 0 Å². The van der Waals surface area contributed by atoms with Crippen molar-refractivity contribution in [1.82, 2.24) is 10.2 Å². The Morgan fingerprint density at radius 2 is 1.82 bits per heavy atom. The lowest BCUT2D eigenvalue weighted by atomic mass is 9.87. The number of nitrogens with zero attached hydrogens (tertiary/aromatic N) is 1. The number of hydrogen-bond donors (Lipinski definition) is 2. The van der Waals surface area contributed by atoms with Crippen LogP contribution in [0.15, 0.2) is 42.5 Å². The molecule has 1 aliphatic rings. The molecule has 8 heteroatoms. The van der Waals surface area contributed by atoms with Crippen molar-refractivity contribution in [3.63, 3.8) is 0 Å². The van der Waals surface area contributed by atoms with Crippen LogP contribution in [0.4, 0.5) is 10.5 Å². The summed E-state index contributed by atoms with van der Waals surface area (Å²) >= 11 is 12.0. The van der Waals surface area contributed by atoms with Crippen molar-refractivity contribution < 1.29 is 14.4 Å². The van der Waals surface area contributed by atoms with Gasteiger partial charge in [-0.05, 0) is 48.7 Å². The average Bonchev–Trinajstić information content (AvgIpc) is 2.91. The van der Waals surface area contributed by atoms with Crippen LogP contribution in [0.25, 0.3) is 0 Å². The summed E-state index contributed by atoms with van der Waals surface area (Å²) in [4.78, 5) is 38.9. The quantitative estimate of drug-likeness (QED) is 0.715. The Labute approximate surface area is 172 Å². The molecule has 0 radical (unpaired) electrons. The molecule has 1 heterocycles. The molecular weight excluding hydrogens is 401 g/mol. The van der Waals surface area contributed by atoms with Gasteiger partial charge in [-0.2, -0.15) is 0 Å². The minimum atomic E-state index is -1.21. The van der Waals surface area contributed by atoms with Crippen LogP contribution in [-0.2, 0) is 15.1 Å². The SMILES string of the molecule is CCC1(c2ccc(Cl)cc2)NC(=O)N(CC(=O)Nc2cccc(Cl)c2C)C1=O. The Kier molecular flexibility index (Phi) is 5.63. The molecule has 146 valence electrons. The lowest BCUT2D eigenvalue weighted by molar-refractivity contribution is -0.134. The van der Waals surface area contributed by atoms with Crippen LogP contribution in [0.1, 0.15) is 24.5 Å². The minimum absolute atomic E-state index is 0.338. The number of urea groups is 1. The van der Waals surface area contributed by atoms with Gasteiger partial charge in [-0.3, -0.25) is 14.5 Å². The van der Waals surface area contributed by atoms with Gasteiger partial charge in [0.15, 0.2) is 0 Å². The third kappa shape index (κ3) is 3.57. The molecule has 6 nitrogen and oxygen atoms in total. The summed E-state index contributed by atoms with van der Waals surface area (Å²) < 4.78 is 0. The molecule has 0 aromatic heterocycles. The first-order chi connectivity index (χ1) is 13.3. The number of rotatable bonds is 5. The maximum atomic E-state index is 13.1. The van der Waals surface area contributed by atoms with E-state index in [0.29, 0.717) is 33.3 Å². The second kappa shape index (κ2) is 7.81. The van der Waals surface area contributed by atoms with Gasteiger partial charge < -0.3 is 10.6 Å². The minimum Gasteiger partial charge on any atom is -0.324 e. The van der Waals surface area contributed by atoms with Gasteiger partial charge in [-0.15, -0.1) is 0 Å². The van der Waals surface area contributed by atoms with Crippen molar-refractivity contribution in [1.29, 1.82) is 0 Å². The van der Waals surface area contributed by atoms with E-state index in [-0.39, 0.29) is 0 Å². The van der Waals surface area contributed by atoms with E-state index in [1.807, 2.05) is 0 Å². The molecule has 2 N–H and O–H groups in total. The molecular formula is C20H19Cl2N3O3. The molecule has 1 saturated heterocycles. The Hall–Kier alpha value is -2.57. The van der Waals surface area contributed by atoms with Crippen molar-refractivity contribution >= 4 is 46.7 Å². The highest BCUT2D eigenvalue weighted by molar-refractivity contribution is 6.31. The summed E-state index contributed by atoms with van der Waals surface area (Å²) in [6.07, 6.45) is 0.338. The van der Waals surface area contributed by atoms with Crippen molar-refractivity contribution in [3.05, 3.63) is 63.6 Å². The Morgan fingerprint density at radius 1 is 1.14 bits per heavy atom. The van der Waals surface area contributed by atoms with E-state index in [2.05, 4.69) is 10.6 Å². The molecule has 28 heavy (non-hydrogen) atoms. The van der Waals surface area contributed by atoms with Crippen LogP contribution >= 0.6 is 23.2 Å². The number of carbonyl (C=O) groups is 3. The van der Waals surface area contributed by atoms with E-state index in [9.17, 15) is 14.4 Å². The number of benzene rings is 2. The fraction of sp³-hybridized carbons (Fsp3) is 0.250. The lowest BCUT2D eigenvalue weighted by Crippen LogP contribution is -2.44. The number of nitrogens with one attached hydrogen (secondary N) is 2. The highest BCUT2D eigenvalue weighted by Gasteiger charge is 2.51. The maximum Gasteiger partial charge on any atom is 0.325 e. The highest BCUT2D eigenvalue weighted by atomic mass is 35.5.